The monoisotopic (exact) mass is 359 g/mol. The predicted molar refractivity (Wildman–Crippen MR) is 103 cm³/mol. The van der Waals surface area contributed by atoms with E-state index in [1.807, 2.05) is 46.0 Å². The highest BCUT2D eigenvalue weighted by Gasteiger charge is 2.17. The third-order valence-electron chi connectivity index (χ3n) is 3.55. The van der Waals surface area contributed by atoms with E-state index in [0.29, 0.717) is 5.13 Å². The molecule has 0 spiro atoms. The summed E-state index contributed by atoms with van der Waals surface area (Å²) in [5.41, 5.74) is 2.73. The number of nitrogens with zero attached hydrogens (tertiary/aromatic N) is 2. The van der Waals surface area contributed by atoms with Crippen molar-refractivity contribution in [2.75, 3.05) is 5.32 Å². The van der Waals surface area contributed by atoms with E-state index in [4.69, 9.17) is 4.74 Å². The van der Waals surface area contributed by atoms with Gasteiger partial charge in [-0.15, -0.1) is 11.3 Å². The van der Waals surface area contributed by atoms with E-state index < -0.39 is 11.7 Å². The Labute approximate surface area is 153 Å². The number of nitrogens with one attached hydrogen (secondary N) is 1. The van der Waals surface area contributed by atoms with Crippen molar-refractivity contribution in [1.29, 1.82) is 0 Å². The van der Waals surface area contributed by atoms with Crippen LogP contribution >= 0.6 is 11.3 Å². The van der Waals surface area contributed by atoms with Crippen LogP contribution in [0.4, 0.5) is 9.93 Å². The lowest BCUT2D eigenvalue weighted by Crippen LogP contribution is -2.27. The minimum atomic E-state index is -0.532. The Morgan fingerprint density at radius 2 is 2.08 bits per heavy atom. The molecule has 0 aliphatic rings. The van der Waals surface area contributed by atoms with Crippen LogP contribution < -0.4 is 5.32 Å². The van der Waals surface area contributed by atoms with Gasteiger partial charge in [-0.2, -0.15) is 0 Å². The highest BCUT2D eigenvalue weighted by atomic mass is 32.1. The fraction of sp³-hybridized carbons (Fsp3) is 0.421. The highest BCUT2D eigenvalue weighted by molar-refractivity contribution is 7.15. The van der Waals surface area contributed by atoms with Gasteiger partial charge in [0.05, 0.1) is 5.69 Å². The number of amides is 1. The first-order chi connectivity index (χ1) is 11.7. The lowest BCUT2D eigenvalue weighted by molar-refractivity contribution is 0.0636. The number of hydrogen-bond donors (Lipinski definition) is 1. The molecule has 134 valence electrons. The van der Waals surface area contributed by atoms with Crippen LogP contribution in [0, 0.1) is 13.8 Å². The normalized spacial score (nSPS) is 13.0. The van der Waals surface area contributed by atoms with Gasteiger partial charge in [-0.3, -0.25) is 10.3 Å². The van der Waals surface area contributed by atoms with Crippen LogP contribution in [-0.2, 0) is 4.74 Å². The number of hydrogen-bond acceptors (Lipinski definition) is 5. The van der Waals surface area contributed by atoms with Gasteiger partial charge in [0.2, 0.25) is 0 Å². The van der Waals surface area contributed by atoms with E-state index in [1.54, 1.807) is 6.20 Å². The zero-order chi connectivity index (χ0) is 18.6. The van der Waals surface area contributed by atoms with Crippen molar-refractivity contribution in [3.8, 4) is 0 Å². The topological polar surface area (TPSA) is 64.1 Å². The molecule has 0 bridgehead atoms. The minimum absolute atomic E-state index is 0.233. The molecule has 2 heterocycles. The summed E-state index contributed by atoms with van der Waals surface area (Å²) >= 11 is 1.43. The molecule has 0 aromatic carbocycles. The Morgan fingerprint density at radius 3 is 2.72 bits per heavy atom. The van der Waals surface area contributed by atoms with E-state index in [-0.39, 0.29) is 5.92 Å². The van der Waals surface area contributed by atoms with Gasteiger partial charge in [-0.05, 0) is 57.9 Å². The standard InChI is InChI=1S/C19H25N3O2S/c1-12(15-11-20-10-9-13(15)2)7-8-16-14(3)25-17(21-16)22-18(23)24-19(4,5)6/h7-12H,1-6H3,(H,21,22,23)/b8-7-. The first-order valence-corrected chi connectivity index (χ1v) is 9.03. The van der Waals surface area contributed by atoms with Gasteiger partial charge in [-0.1, -0.05) is 13.0 Å². The van der Waals surface area contributed by atoms with Crippen molar-refractivity contribution in [3.63, 3.8) is 0 Å². The van der Waals surface area contributed by atoms with Crippen LogP contribution in [-0.4, -0.2) is 21.7 Å². The Balaban J connectivity index is 2.07. The number of carbonyl (C=O) groups excluding carboxylic acids is 1. The summed E-state index contributed by atoms with van der Waals surface area (Å²) in [7, 11) is 0. The molecule has 6 heteroatoms. The molecule has 1 atom stereocenters. The van der Waals surface area contributed by atoms with E-state index in [0.717, 1.165) is 10.6 Å². The Morgan fingerprint density at radius 1 is 1.36 bits per heavy atom. The number of pyridine rings is 1. The lowest BCUT2D eigenvalue weighted by atomic mass is 9.98. The molecule has 0 aliphatic heterocycles. The second-order valence-electron chi connectivity index (χ2n) is 6.97. The molecule has 1 N–H and O–H groups in total. The van der Waals surface area contributed by atoms with Crippen molar-refractivity contribution in [2.24, 2.45) is 0 Å². The molecular formula is C19H25N3O2S. The first kappa shape index (κ1) is 19.1. The molecule has 0 aliphatic carbocycles. The summed E-state index contributed by atoms with van der Waals surface area (Å²) in [6, 6.07) is 2.01. The number of aryl methyl sites for hydroxylation is 2. The number of carbonyl (C=O) groups is 1. The number of thiazole rings is 1. The minimum Gasteiger partial charge on any atom is -0.444 e. The number of rotatable bonds is 4. The van der Waals surface area contributed by atoms with Gasteiger partial charge < -0.3 is 4.74 Å². The van der Waals surface area contributed by atoms with Gasteiger partial charge in [-0.25, -0.2) is 9.78 Å². The summed E-state index contributed by atoms with van der Waals surface area (Å²) in [6.07, 6.45) is 7.30. The maximum Gasteiger partial charge on any atom is 0.413 e. The molecule has 5 nitrogen and oxygen atoms in total. The summed E-state index contributed by atoms with van der Waals surface area (Å²) in [6.45, 7) is 11.7. The van der Waals surface area contributed by atoms with Gasteiger partial charge >= 0.3 is 6.09 Å². The first-order valence-electron chi connectivity index (χ1n) is 8.22. The van der Waals surface area contributed by atoms with Crippen LogP contribution in [0.5, 0.6) is 0 Å². The molecule has 2 aromatic heterocycles. The zero-order valence-corrected chi connectivity index (χ0v) is 16.4. The maximum absolute atomic E-state index is 11.8. The maximum atomic E-state index is 11.8. The second kappa shape index (κ2) is 7.78. The summed E-state index contributed by atoms with van der Waals surface area (Å²) in [4.78, 5) is 21.6. The quantitative estimate of drug-likeness (QED) is 0.802. The molecule has 2 rings (SSSR count). The Hall–Kier alpha value is -2.21. The summed E-state index contributed by atoms with van der Waals surface area (Å²) in [5.74, 6) is 0.233. The molecule has 1 amide bonds. The number of ether oxygens (including phenoxy) is 1. The van der Waals surface area contributed by atoms with Gasteiger partial charge in [0.1, 0.15) is 5.60 Å². The van der Waals surface area contributed by atoms with E-state index in [2.05, 4.69) is 35.2 Å². The van der Waals surface area contributed by atoms with Gasteiger partial charge in [0.25, 0.3) is 0 Å². The predicted octanol–water partition coefficient (Wildman–Crippen LogP) is 5.32. The van der Waals surface area contributed by atoms with Crippen molar-refractivity contribution >= 4 is 28.6 Å². The average molecular weight is 359 g/mol. The third kappa shape index (κ3) is 5.67. The molecular weight excluding hydrogens is 334 g/mol. The molecule has 2 aromatic rings. The van der Waals surface area contributed by atoms with E-state index in [9.17, 15) is 4.79 Å². The molecule has 0 saturated heterocycles. The van der Waals surface area contributed by atoms with Crippen molar-refractivity contribution < 1.29 is 9.53 Å². The average Bonchev–Trinajstić information content (AvgIpc) is 2.82. The number of anilines is 1. The van der Waals surface area contributed by atoms with Crippen LogP contribution in [0.15, 0.2) is 24.5 Å². The van der Waals surface area contributed by atoms with Crippen LogP contribution in [0.3, 0.4) is 0 Å². The van der Waals surface area contributed by atoms with E-state index in [1.165, 1.54) is 22.5 Å². The van der Waals surface area contributed by atoms with Crippen molar-refractivity contribution in [2.45, 2.75) is 53.1 Å². The fourth-order valence-electron chi connectivity index (χ4n) is 2.30. The fourth-order valence-corrected chi connectivity index (χ4v) is 3.09. The lowest BCUT2D eigenvalue weighted by Gasteiger charge is -2.18. The van der Waals surface area contributed by atoms with Crippen LogP contribution in [0.1, 0.15) is 55.3 Å². The summed E-state index contributed by atoms with van der Waals surface area (Å²) in [5, 5.41) is 3.23. The second-order valence-corrected chi connectivity index (χ2v) is 8.17. The molecule has 0 radical (unpaired) electrons. The summed E-state index contributed by atoms with van der Waals surface area (Å²) < 4.78 is 5.25. The molecule has 0 saturated carbocycles. The van der Waals surface area contributed by atoms with Crippen molar-refractivity contribution in [3.05, 3.63) is 46.2 Å². The van der Waals surface area contributed by atoms with Crippen LogP contribution in [0.2, 0.25) is 0 Å². The third-order valence-corrected chi connectivity index (χ3v) is 4.46. The molecule has 25 heavy (non-hydrogen) atoms. The van der Waals surface area contributed by atoms with Crippen LogP contribution in [0.25, 0.3) is 6.08 Å². The van der Waals surface area contributed by atoms with Crippen molar-refractivity contribution in [1.82, 2.24) is 9.97 Å². The van der Waals surface area contributed by atoms with Gasteiger partial charge in [0.15, 0.2) is 5.13 Å². The number of allylic oxidation sites excluding steroid dienone is 1. The smallest absolute Gasteiger partial charge is 0.413 e. The Bertz CT molecular complexity index is 775. The van der Waals surface area contributed by atoms with Gasteiger partial charge in [0, 0.05) is 23.2 Å². The SMILES string of the molecule is Cc1ccncc1C(C)/C=C\c1nc(NC(=O)OC(C)(C)C)sc1C. The number of aromatic nitrogens is 2. The molecule has 1 unspecified atom stereocenters. The Kier molecular flexibility index (Phi) is 5.95. The molecule has 0 fully saturated rings. The largest absolute Gasteiger partial charge is 0.444 e. The van der Waals surface area contributed by atoms with E-state index >= 15 is 0 Å². The highest BCUT2D eigenvalue weighted by Crippen LogP contribution is 2.26. The zero-order valence-electron chi connectivity index (χ0n) is 15.6.